The lowest BCUT2D eigenvalue weighted by Crippen LogP contribution is -2.54. The summed E-state index contributed by atoms with van der Waals surface area (Å²) in [4.78, 5) is 10.7. The fourth-order valence-electron chi connectivity index (χ4n) is 7.65. The van der Waals surface area contributed by atoms with Gasteiger partial charge in [-0.3, -0.25) is 0 Å². The summed E-state index contributed by atoms with van der Waals surface area (Å²) in [5, 5.41) is 20.4. The molecule has 0 unspecified atom stereocenters. The minimum absolute atomic E-state index is 0.201. The van der Waals surface area contributed by atoms with Crippen molar-refractivity contribution >= 4 is 6.16 Å². The molecule has 5 aliphatic carbocycles. The normalized spacial score (nSPS) is 48.5. The first-order valence-corrected chi connectivity index (χ1v) is 10.6. The van der Waals surface area contributed by atoms with Gasteiger partial charge in [-0.2, -0.15) is 0 Å². The van der Waals surface area contributed by atoms with Crippen LogP contribution in [0.15, 0.2) is 35.8 Å². The molecular weight excluding hydrogens is 356 g/mol. The van der Waals surface area contributed by atoms with Crippen molar-refractivity contribution in [1.29, 1.82) is 0 Å². The van der Waals surface area contributed by atoms with E-state index in [-0.39, 0.29) is 11.3 Å². The Morgan fingerprint density at radius 2 is 2.11 bits per heavy atom. The van der Waals surface area contributed by atoms with E-state index in [4.69, 9.17) is 9.84 Å². The number of hydrogen-bond acceptors (Lipinski definition) is 4. The van der Waals surface area contributed by atoms with Gasteiger partial charge in [0.05, 0.1) is 24.7 Å². The van der Waals surface area contributed by atoms with Gasteiger partial charge in [-0.25, -0.2) is 4.79 Å². The number of allylic oxidation sites excluding steroid dienone is 4. The Balaban J connectivity index is 1.44. The number of carbonyl (C=O) groups is 1. The van der Waals surface area contributed by atoms with Crippen molar-refractivity contribution in [3.8, 4) is 0 Å². The minimum Gasteiger partial charge on any atom is -0.501 e. The van der Waals surface area contributed by atoms with Gasteiger partial charge in [-0.1, -0.05) is 13.0 Å². The van der Waals surface area contributed by atoms with Crippen LogP contribution in [0.2, 0.25) is 0 Å². The maximum Gasteiger partial charge on any atom is 0.510 e. The molecule has 5 aliphatic rings. The highest BCUT2D eigenvalue weighted by Gasteiger charge is 2.74. The van der Waals surface area contributed by atoms with E-state index in [0.29, 0.717) is 29.6 Å². The first-order chi connectivity index (χ1) is 13.4. The van der Waals surface area contributed by atoms with E-state index in [1.807, 2.05) is 0 Å². The molecule has 3 saturated carbocycles. The van der Waals surface area contributed by atoms with Gasteiger partial charge in [0.15, 0.2) is 0 Å². The van der Waals surface area contributed by atoms with Crippen LogP contribution in [0.3, 0.4) is 0 Å². The zero-order valence-corrected chi connectivity index (χ0v) is 16.6. The largest absolute Gasteiger partial charge is 0.510 e. The second-order valence-corrected chi connectivity index (χ2v) is 9.73. The number of carboxylic acid groups (broad SMARTS) is 1. The molecule has 152 valence electrons. The summed E-state index contributed by atoms with van der Waals surface area (Å²) in [6.07, 6.45) is 12.6. The van der Waals surface area contributed by atoms with Crippen LogP contribution >= 0.6 is 0 Å². The van der Waals surface area contributed by atoms with Crippen molar-refractivity contribution in [3.63, 3.8) is 0 Å². The van der Waals surface area contributed by atoms with Gasteiger partial charge in [0.25, 0.3) is 0 Å². The monoisotopic (exact) mass is 386 g/mol. The summed E-state index contributed by atoms with van der Waals surface area (Å²) in [6, 6.07) is 0. The van der Waals surface area contributed by atoms with E-state index in [1.54, 1.807) is 13.2 Å². The molecular formula is C23H30O5. The van der Waals surface area contributed by atoms with E-state index in [9.17, 15) is 9.90 Å². The number of methoxy groups -OCH3 is 1. The van der Waals surface area contributed by atoms with Crippen LogP contribution in [-0.2, 0) is 9.47 Å². The first-order valence-electron chi connectivity index (χ1n) is 10.6. The van der Waals surface area contributed by atoms with Crippen LogP contribution in [-0.4, -0.2) is 29.1 Å². The Bertz CT molecular complexity index is 782. The van der Waals surface area contributed by atoms with Crippen LogP contribution < -0.4 is 0 Å². The second-order valence-electron chi connectivity index (χ2n) is 9.73. The molecule has 2 N–H and O–H groups in total. The van der Waals surface area contributed by atoms with Crippen LogP contribution in [0.1, 0.15) is 45.4 Å². The summed E-state index contributed by atoms with van der Waals surface area (Å²) in [5.74, 6) is 4.33. The summed E-state index contributed by atoms with van der Waals surface area (Å²) in [5.41, 5.74) is 0.305. The number of rotatable bonds is 3. The molecule has 3 fully saturated rings. The highest BCUT2D eigenvalue weighted by Crippen LogP contribution is 2.75. The van der Waals surface area contributed by atoms with Gasteiger partial charge in [0.2, 0.25) is 0 Å². The first kappa shape index (κ1) is 18.3. The van der Waals surface area contributed by atoms with Gasteiger partial charge in [-0.05, 0) is 85.3 Å². The third-order valence-electron chi connectivity index (χ3n) is 8.88. The topological polar surface area (TPSA) is 76.0 Å². The molecule has 28 heavy (non-hydrogen) atoms. The van der Waals surface area contributed by atoms with Crippen LogP contribution in [0.5, 0.6) is 0 Å². The molecule has 5 heteroatoms. The third kappa shape index (κ3) is 2.38. The smallest absolute Gasteiger partial charge is 0.501 e. The maximum absolute atomic E-state index is 11.7. The van der Waals surface area contributed by atoms with E-state index >= 15 is 0 Å². The number of hydrogen-bond donors (Lipinski definition) is 2. The fraction of sp³-hybridized carbons (Fsp3) is 0.696. The predicted molar refractivity (Wildman–Crippen MR) is 103 cm³/mol. The van der Waals surface area contributed by atoms with Crippen LogP contribution in [0, 0.1) is 40.9 Å². The molecule has 0 aromatic rings. The summed E-state index contributed by atoms with van der Waals surface area (Å²) in [7, 11) is 1.76. The van der Waals surface area contributed by atoms with Gasteiger partial charge in [-0.15, -0.1) is 0 Å². The predicted octanol–water partition coefficient (Wildman–Crippen LogP) is 4.49. The third-order valence-corrected chi connectivity index (χ3v) is 8.88. The van der Waals surface area contributed by atoms with Gasteiger partial charge < -0.3 is 19.7 Å². The molecule has 0 heterocycles. The standard InChI is InChI=1S/C23H30O5/c1-22-8-7-16-15-6-4-14(27-2)11-13(15)3-5-17(16)20(22)18-12-19(18)23(22,26)9-10-28-21(24)25/h3,9-11,15-20,26H,4-8,12H2,1-2H3,(H,24,25)/b10-9-/t15-,16+,17+,18-,19+,20+,22-,23-/m0/s1. The molecule has 0 radical (unpaired) electrons. The average Bonchev–Trinajstić information content (AvgIpc) is 3.43. The summed E-state index contributed by atoms with van der Waals surface area (Å²) in [6.45, 7) is 2.23. The van der Waals surface area contributed by atoms with E-state index in [0.717, 1.165) is 37.9 Å². The SMILES string of the molecule is COC1=CC2=CC[C@@H]3[C@H](CC[C@@]4(C)[C@H]3[C@H]3C[C@H]3[C@@]4(O)/C=C\OC(=O)O)[C@H]2CC1. The molecule has 0 aromatic carbocycles. The lowest BCUT2D eigenvalue weighted by atomic mass is 9.50. The molecule has 5 rings (SSSR count). The molecule has 0 aromatic heterocycles. The van der Waals surface area contributed by atoms with Crippen LogP contribution in [0.25, 0.3) is 0 Å². The molecule has 0 amide bonds. The Morgan fingerprint density at radius 3 is 2.86 bits per heavy atom. The molecule has 0 aliphatic heterocycles. The molecule has 5 nitrogen and oxygen atoms in total. The maximum atomic E-state index is 11.7. The lowest BCUT2D eigenvalue weighted by Gasteiger charge is -2.56. The molecule has 0 bridgehead atoms. The van der Waals surface area contributed by atoms with E-state index < -0.39 is 11.8 Å². The summed E-state index contributed by atoms with van der Waals surface area (Å²) >= 11 is 0. The highest BCUT2D eigenvalue weighted by atomic mass is 16.7. The lowest BCUT2D eigenvalue weighted by molar-refractivity contribution is -0.109. The number of aliphatic hydroxyl groups is 1. The van der Waals surface area contributed by atoms with Gasteiger partial charge >= 0.3 is 6.16 Å². The Hall–Kier alpha value is -1.75. The second kappa shape index (κ2) is 6.12. The Morgan fingerprint density at radius 1 is 1.29 bits per heavy atom. The van der Waals surface area contributed by atoms with Gasteiger partial charge in [0.1, 0.15) is 0 Å². The fourth-order valence-corrected chi connectivity index (χ4v) is 7.65. The minimum atomic E-state index is -1.33. The van der Waals surface area contributed by atoms with Crippen molar-refractivity contribution in [2.45, 2.75) is 51.0 Å². The quantitative estimate of drug-likeness (QED) is 0.552. The Labute approximate surface area is 166 Å². The highest BCUT2D eigenvalue weighted by molar-refractivity contribution is 5.57. The summed E-state index contributed by atoms with van der Waals surface area (Å²) < 4.78 is 10.1. The Kier molecular flexibility index (Phi) is 4.00. The van der Waals surface area contributed by atoms with Crippen molar-refractivity contribution in [1.82, 2.24) is 0 Å². The molecule has 0 spiro atoms. The van der Waals surface area contributed by atoms with E-state index in [1.165, 1.54) is 18.3 Å². The molecule has 0 saturated heterocycles. The van der Waals surface area contributed by atoms with Crippen molar-refractivity contribution in [3.05, 3.63) is 35.8 Å². The number of ether oxygens (including phenoxy) is 2. The zero-order chi connectivity index (χ0) is 19.7. The molecule has 8 atom stereocenters. The zero-order valence-electron chi connectivity index (χ0n) is 16.6. The number of fused-ring (bicyclic) bond motifs is 7. The van der Waals surface area contributed by atoms with Gasteiger partial charge in [0, 0.05) is 11.8 Å². The van der Waals surface area contributed by atoms with Crippen LogP contribution in [0.4, 0.5) is 4.79 Å². The van der Waals surface area contributed by atoms with Crippen molar-refractivity contribution in [2.24, 2.45) is 40.9 Å². The van der Waals surface area contributed by atoms with Crippen molar-refractivity contribution in [2.75, 3.05) is 7.11 Å². The van der Waals surface area contributed by atoms with E-state index in [2.05, 4.69) is 23.8 Å². The van der Waals surface area contributed by atoms with Crippen molar-refractivity contribution < 1.29 is 24.5 Å². The average molecular weight is 386 g/mol.